The smallest absolute Gasteiger partial charge is 0.224 e. The van der Waals surface area contributed by atoms with E-state index in [9.17, 15) is 4.79 Å². The van der Waals surface area contributed by atoms with E-state index in [2.05, 4.69) is 43.1 Å². The number of amides is 1. The van der Waals surface area contributed by atoms with Crippen LogP contribution in [0.3, 0.4) is 0 Å². The first-order chi connectivity index (χ1) is 8.90. The number of hydrogen-bond acceptors (Lipinski definition) is 2. The van der Waals surface area contributed by atoms with Gasteiger partial charge >= 0.3 is 0 Å². The molecule has 0 saturated carbocycles. The molecule has 0 radical (unpaired) electrons. The van der Waals surface area contributed by atoms with Crippen molar-refractivity contribution < 1.29 is 4.79 Å². The second-order valence-electron chi connectivity index (χ2n) is 5.56. The van der Waals surface area contributed by atoms with Gasteiger partial charge in [-0.25, -0.2) is 0 Å². The third-order valence-corrected chi connectivity index (χ3v) is 3.28. The van der Waals surface area contributed by atoms with E-state index in [0.717, 1.165) is 25.1 Å². The van der Waals surface area contributed by atoms with Crippen LogP contribution in [0.25, 0.3) is 0 Å². The summed E-state index contributed by atoms with van der Waals surface area (Å²) in [6.45, 7) is 8.00. The van der Waals surface area contributed by atoms with Gasteiger partial charge in [-0.15, -0.1) is 0 Å². The predicted octanol–water partition coefficient (Wildman–Crippen LogP) is 2.22. The van der Waals surface area contributed by atoms with Crippen molar-refractivity contribution in [2.24, 2.45) is 0 Å². The van der Waals surface area contributed by atoms with Crippen molar-refractivity contribution in [3.8, 4) is 0 Å². The summed E-state index contributed by atoms with van der Waals surface area (Å²) in [7, 11) is 4.09. The average Bonchev–Trinajstić information content (AvgIpc) is 2.29. The molecule has 0 atom stereocenters. The quantitative estimate of drug-likeness (QED) is 0.797. The van der Waals surface area contributed by atoms with E-state index in [0.29, 0.717) is 6.42 Å². The summed E-state index contributed by atoms with van der Waals surface area (Å²) in [5, 5.41) is 2.99. The zero-order valence-corrected chi connectivity index (χ0v) is 12.8. The van der Waals surface area contributed by atoms with Crippen LogP contribution in [0.1, 0.15) is 28.7 Å². The van der Waals surface area contributed by atoms with Crippen molar-refractivity contribution in [3.63, 3.8) is 0 Å². The molecule has 0 spiro atoms. The summed E-state index contributed by atoms with van der Waals surface area (Å²) in [6, 6.07) is 4.28. The fourth-order valence-corrected chi connectivity index (χ4v) is 2.33. The molecule has 3 heteroatoms. The number of aryl methyl sites for hydroxylation is 3. The van der Waals surface area contributed by atoms with E-state index in [4.69, 9.17) is 0 Å². The molecular weight excluding hydrogens is 236 g/mol. The van der Waals surface area contributed by atoms with Gasteiger partial charge < -0.3 is 10.2 Å². The van der Waals surface area contributed by atoms with E-state index in [1.807, 2.05) is 14.1 Å². The molecule has 0 aliphatic heterocycles. The van der Waals surface area contributed by atoms with Crippen molar-refractivity contribution in [1.82, 2.24) is 10.2 Å². The third kappa shape index (κ3) is 5.43. The Bertz CT molecular complexity index is 415. The fourth-order valence-electron chi connectivity index (χ4n) is 2.33. The Balaban J connectivity index is 2.49. The molecule has 0 unspecified atom stereocenters. The molecule has 1 aromatic carbocycles. The van der Waals surface area contributed by atoms with Crippen LogP contribution in [0, 0.1) is 20.8 Å². The van der Waals surface area contributed by atoms with Gasteiger partial charge in [-0.05, 0) is 64.5 Å². The molecule has 0 fully saturated rings. The molecule has 0 aromatic heterocycles. The minimum atomic E-state index is 0.119. The third-order valence-electron chi connectivity index (χ3n) is 3.28. The van der Waals surface area contributed by atoms with Gasteiger partial charge in [0, 0.05) is 6.54 Å². The minimum absolute atomic E-state index is 0.119. The standard InChI is InChI=1S/C16H26N2O/c1-12-9-13(2)15(14(3)10-12)11-16(19)17-7-6-8-18(4)5/h9-10H,6-8,11H2,1-5H3,(H,17,19). The van der Waals surface area contributed by atoms with Gasteiger partial charge in [0.1, 0.15) is 0 Å². The van der Waals surface area contributed by atoms with Crippen molar-refractivity contribution >= 4 is 5.91 Å². The lowest BCUT2D eigenvalue weighted by atomic mass is 9.97. The highest BCUT2D eigenvalue weighted by Crippen LogP contribution is 2.16. The molecule has 0 saturated heterocycles. The molecule has 106 valence electrons. The van der Waals surface area contributed by atoms with Gasteiger partial charge in [-0.2, -0.15) is 0 Å². The molecule has 19 heavy (non-hydrogen) atoms. The Morgan fingerprint density at radius 1 is 1.16 bits per heavy atom. The van der Waals surface area contributed by atoms with Crippen LogP contribution < -0.4 is 5.32 Å². The fraction of sp³-hybridized carbons (Fsp3) is 0.562. The Labute approximate surface area is 117 Å². The van der Waals surface area contributed by atoms with Crippen molar-refractivity contribution in [2.75, 3.05) is 27.2 Å². The molecule has 0 aliphatic rings. The van der Waals surface area contributed by atoms with E-state index in [1.165, 1.54) is 16.7 Å². The van der Waals surface area contributed by atoms with Crippen LogP contribution in [0.15, 0.2) is 12.1 Å². The number of carbonyl (C=O) groups excluding carboxylic acids is 1. The van der Waals surface area contributed by atoms with Crippen molar-refractivity contribution in [1.29, 1.82) is 0 Å². The molecule has 0 bridgehead atoms. The second-order valence-corrected chi connectivity index (χ2v) is 5.56. The maximum Gasteiger partial charge on any atom is 0.224 e. The molecule has 1 rings (SSSR count). The summed E-state index contributed by atoms with van der Waals surface area (Å²) in [5.74, 6) is 0.119. The van der Waals surface area contributed by atoms with Crippen LogP contribution in [-0.2, 0) is 11.2 Å². The van der Waals surface area contributed by atoms with Gasteiger partial charge in [0.2, 0.25) is 5.91 Å². The summed E-state index contributed by atoms with van der Waals surface area (Å²) >= 11 is 0. The predicted molar refractivity (Wildman–Crippen MR) is 80.5 cm³/mol. The number of hydrogen-bond donors (Lipinski definition) is 1. The minimum Gasteiger partial charge on any atom is -0.356 e. The monoisotopic (exact) mass is 262 g/mol. The normalized spacial score (nSPS) is 10.8. The number of nitrogens with zero attached hydrogens (tertiary/aromatic N) is 1. The highest BCUT2D eigenvalue weighted by atomic mass is 16.1. The molecule has 0 aliphatic carbocycles. The van der Waals surface area contributed by atoms with E-state index < -0.39 is 0 Å². The lowest BCUT2D eigenvalue weighted by molar-refractivity contribution is -0.120. The van der Waals surface area contributed by atoms with E-state index in [1.54, 1.807) is 0 Å². The number of carbonyl (C=O) groups is 1. The van der Waals surface area contributed by atoms with Gasteiger partial charge in [0.15, 0.2) is 0 Å². The molecule has 1 N–H and O–H groups in total. The first kappa shape index (κ1) is 15.7. The Morgan fingerprint density at radius 3 is 2.26 bits per heavy atom. The maximum atomic E-state index is 11.9. The molecule has 1 amide bonds. The number of benzene rings is 1. The lowest BCUT2D eigenvalue weighted by Crippen LogP contribution is -2.28. The second kappa shape index (κ2) is 7.29. The maximum absolute atomic E-state index is 11.9. The van der Waals surface area contributed by atoms with Gasteiger partial charge in [-0.1, -0.05) is 17.7 Å². The average molecular weight is 262 g/mol. The van der Waals surface area contributed by atoms with E-state index >= 15 is 0 Å². The summed E-state index contributed by atoms with van der Waals surface area (Å²) < 4.78 is 0. The van der Waals surface area contributed by atoms with Gasteiger partial charge in [-0.3, -0.25) is 4.79 Å². The van der Waals surface area contributed by atoms with Crippen LogP contribution in [0.2, 0.25) is 0 Å². The highest BCUT2D eigenvalue weighted by Gasteiger charge is 2.08. The van der Waals surface area contributed by atoms with Crippen LogP contribution in [0.5, 0.6) is 0 Å². The zero-order valence-electron chi connectivity index (χ0n) is 12.8. The number of nitrogens with one attached hydrogen (secondary N) is 1. The SMILES string of the molecule is Cc1cc(C)c(CC(=O)NCCCN(C)C)c(C)c1. The van der Waals surface area contributed by atoms with Gasteiger partial charge in [0.25, 0.3) is 0 Å². The first-order valence-electron chi connectivity index (χ1n) is 6.88. The van der Waals surface area contributed by atoms with Gasteiger partial charge in [0.05, 0.1) is 6.42 Å². The van der Waals surface area contributed by atoms with Crippen molar-refractivity contribution in [2.45, 2.75) is 33.6 Å². The first-order valence-corrected chi connectivity index (χ1v) is 6.88. The summed E-state index contributed by atoms with van der Waals surface area (Å²) in [6.07, 6.45) is 1.48. The van der Waals surface area contributed by atoms with Crippen molar-refractivity contribution in [3.05, 3.63) is 34.4 Å². The molecule has 0 heterocycles. The summed E-state index contributed by atoms with van der Waals surface area (Å²) in [4.78, 5) is 14.0. The zero-order chi connectivity index (χ0) is 14.4. The topological polar surface area (TPSA) is 32.3 Å². The lowest BCUT2D eigenvalue weighted by Gasteiger charge is -2.12. The van der Waals surface area contributed by atoms with Crippen LogP contribution in [-0.4, -0.2) is 38.0 Å². The summed E-state index contributed by atoms with van der Waals surface area (Å²) in [5.41, 5.74) is 4.84. The molecule has 3 nitrogen and oxygen atoms in total. The Kier molecular flexibility index (Phi) is 6.03. The molecule has 1 aromatic rings. The Morgan fingerprint density at radius 2 is 1.74 bits per heavy atom. The van der Waals surface area contributed by atoms with Crippen LogP contribution in [0.4, 0.5) is 0 Å². The largest absolute Gasteiger partial charge is 0.356 e. The molecular formula is C16H26N2O. The van der Waals surface area contributed by atoms with E-state index in [-0.39, 0.29) is 5.91 Å². The van der Waals surface area contributed by atoms with Crippen LogP contribution >= 0.6 is 0 Å². The number of rotatable bonds is 6. The highest BCUT2D eigenvalue weighted by molar-refractivity contribution is 5.79. The Hall–Kier alpha value is -1.35.